The highest BCUT2D eigenvalue weighted by Gasteiger charge is 2.21. The molecule has 9 aromatic carbocycles. The second-order valence-corrected chi connectivity index (χ2v) is 13.2. The highest BCUT2D eigenvalue weighted by molar-refractivity contribution is 6.22. The SMILES string of the molecule is Fc1ccc(-c2c3ccccc3c(-c3ccc(F)cc3)c3cc(N(c4ccccc4)c4ccc(N(c5ccccc5)c5ccccc5)cc4)ccc23)cc1. The minimum Gasteiger partial charge on any atom is -0.311 e. The second-order valence-electron chi connectivity index (χ2n) is 13.2. The smallest absolute Gasteiger partial charge is 0.123 e. The molecule has 0 saturated carbocycles. The van der Waals surface area contributed by atoms with Crippen molar-refractivity contribution in [3.8, 4) is 22.3 Å². The summed E-state index contributed by atoms with van der Waals surface area (Å²) in [7, 11) is 0. The largest absolute Gasteiger partial charge is 0.311 e. The van der Waals surface area contributed by atoms with Gasteiger partial charge in [0.25, 0.3) is 0 Å². The number of anilines is 6. The van der Waals surface area contributed by atoms with Gasteiger partial charge in [0.1, 0.15) is 11.6 Å². The number of rotatable bonds is 8. The molecule has 9 aromatic rings. The lowest BCUT2D eigenvalue weighted by Crippen LogP contribution is -2.12. The van der Waals surface area contributed by atoms with Crippen LogP contribution in [0.1, 0.15) is 0 Å². The molecule has 0 unspecified atom stereocenters. The van der Waals surface area contributed by atoms with Crippen molar-refractivity contribution >= 4 is 55.7 Å². The number of halogens is 2. The molecule has 0 aromatic heterocycles. The van der Waals surface area contributed by atoms with E-state index in [0.717, 1.165) is 77.9 Å². The molecule has 9 rings (SSSR count). The minimum atomic E-state index is -0.284. The zero-order valence-corrected chi connectivity index (χ0v) is 29.3. The zero-order chi connectivity index (χ0) is 36.4. The molecule has 0 saturated heterocycles. The third-order valence-electron chi connectivity index (χ3n) is 9.94. The summed E-state index contributed by atoms with van der Waals surface area (Å²) in [5, 5.41) is 4.10. The molecular formula is C50H34F2N2. The van der Waals surface area contributed by atoms with Crippen molar-refractivity contribution < 1.29 is 8.78 Å². The van der Waals surface area contributed by atoms with Gasteiger partial charge in [0.15, 0.2) is 0 Å². The summed E-state index contributed by atoms with van der Waals surface area (Å²) < 4.78 is 28.5. The van der Waals surface area contributed by atoms with Crippen molar-refractivity contribution in [3.63, 3.8) is 0 Å². The van der Waals surface area contributed by atoms with Crippen LogP contribution in [-0.2, 0) is 0 Å². The maximum absolute atomic E-state index is 14.3. The van der Waals surface area contributed by atoms with Gasteiger partial charge in [-0.1, -0.05) is 109 Å². The summed E-state index contributed by atoms with van der Waals surface area (Å²) >= 11 is 0. The van der Waals surface area contributed by atoms with Gasteiger partial charge in [-0.05, 0) is 141 Å². The molecular weight excluding hydrogens is 667 g/mol. The fourth-order valence-electron chi connectivity index (χ4n) is 7.54. The van der Waals surface area contributed by atoms with Gasteiger partial charge >= 0.3 is 0 Å². The summed E-state index contributed by atoms with van der Waals surface area (Å²) in [6, 6.07) is 68.0. The Balaban J connectivity index is 1.26. The van der Waals surface area contributed by atoms with Crippen LogP contribution in [0.2, 0.25) is 0 Å². The van der Waals surface area contributed by atoms with Crippen molar-refractivity contribution in [2.75, 3.05) is 9.80 Å². The van der Waals surface area contributed by atoms with Gasteiger partial charge in [-0.3, -0.25) is 0 Å². The molecule has 0 N–H and O–H groups in total. The quantitative estimate of drug-likeness (QED) is 0.146. The Morgan fingerprint density at radius 1 is 0.259 bits per heavy atom. The van der Waals surface area contributed by atoms with Gasteiger partial charge in [-0.25, -0.2) is 8.78 Å². The van der Waals surface area contributed by atoms with E-state index in [1.165, 1.54) is 24.3 Å². The second kappa shape index (κ2) is 14.2. The summed E-state index contributed by atoms with van der Waals surface area (Å²) in [6.45, 7) is 0. The highest BCUT2D eigenvalue weighted by Crippen LogP contribution is 2.46. The lowest BCUT2D eigenvalue weighted by atomic mass is 9.85. The van der Waals surface area contributed by atoms with Crippen LogP contribution < -0.4 is 9.80 Å². The predicted molar refractivity (Wildman–Crippen MR) is 222 cm³/mol. The standard InChI is InChI=1S/C50H34F2N2/c51-37-24-20-35(21-25-37)49-45-18-10-11-19-46(45)50(36-22-26-38(52)27-23-36)48-34-44(32-33-47(48)49)54(41-16-8-3-9-17-41)43-30-28-42(29-31-43)53(39-12-4-1-5-13-39)40-14-6-2-7-15-40/h1-34H. The van der Waals surface area contributed by atoms with E-state index in [1.54, 1.807) is 0 Å². The number of nitrogens with zero attached hydrogens (tertiary/aromatic N) is 2. The Kier molecular flexibility index (Phi) is 8.62. The van der Waals surface area contributed by atoms with Crippen LogP contribution in [-0.4, -0.2) is 0 Å². The average Bonchev–Trinajstić information content (AvgIpc) is 3.23. The third-order valence-corrected chi connectivity index (χ3v) is 9.94. The Morgan fingerprint density at radius 3 is 1.00 bits per heavy atom. The van der Waals surface area contributed by atoms with Crippen LogP contribution >= 0.6 is 0 Å². The summed E-state index contributed by atoms with van der Waals surface area (Å²) in [4.78, 5) is 4.52. The fraction of sp³-hybridized carbons (Fsp3) is 0. The summed E-state index contributed by atoms with van der Waals surface area (Å²) in [6.07, 6.45) is 0. The van der Waals surface area contributed by atoms with E-state index < -0.39 is 0 Å². The molecule has 0 heterocycles. The number of hydrogen-bond acceptors (Lipinski definition) is 2. The Labute approximate surface area is 313 Å². The Morgan fingerprint density at radius 2 is 0.574 bits per heavy atom. The first-order chi connectivity index (χ1) is 26.6. The average molecular weight is 701 g/mol. The van der Waals surface area contributed by atoms with Crippen molar-refractivity contribution in [3.05, 3.63) is 218 Å². The molecule has 54 heavy (non-hydrogen) atoms. The molecule has 0 fully saturated rings. The Hall–Kier alpha value is -7.04. The highest BCUT2D eigenvalue weighted by atomic mass is 19.1. The predicted octanol–water partition coefficient (Wildman–Crippen LogP) is 14.5. The maximum atomic E-state index is 14.3. The first-order valence-electron chi connectivity index (χ1n) is 18.0. The van der Waals surface area contributed by atoms with Gasteiger partial charge in [0.05, 0.1) is 0 Å². The van der Waals surface area contributed by atoms with Crippen molar-refractivity contribution in [2.45, 2.75) is 0 Å². The molecule has 0 amide bonds. The monoisotopic (exact) mass is 700 g/mol. The topological polar surface area (TPSA) is 6.48 Å². The lowest BCUT2D eigenvalue weighted by Gasteiger charge is -2.29. The van der Waals surface area contributed by atoms with E-state index >= 15 is 0 Å². The van der Waals surface area contributed by atoms with E-state index in [9.17, 15) is 8.78 Å². The first kappa shape index (κ1) is 32.8. The van der Waals surface area contributed by atoms with Crippen LogP contribution in [0, 0.1) is 11.6 Å². The van der Waals surface area contributed by atoms with Crippen molar-refractivity contribution in [1.29, 1.82) is 0 Å². The van der Waals surface area contributed by atoms with E-state index in [2.05, 4.69) is 125 Å². The number of benzene rings is 9. The molecule has 0 aliphatic carbocycles. The molecule has 0 atom stereocenters. The molecule has 0 aliphatic rings. The molecule has 0 spiro atoms. The van der Waals surface area contributed by atoms with Crippen LogP contribution in [0.25, 0.3) is 43.8 Å². The molecule has 0 radical (unpaired) electrons. The van der Waals surface area contributed by atoms with Crippen LogP contribution in [0.5, 0.6) is 0 Å². The molecule has 0 aliphatic heterocycles. The maximum Gasteiger partial charge on any atom is 0.123 e. The van der Waals surface area contributed by atoms with E-state index in [0.29, 0.717) is 0 Å². The van der Waals surface area contributed by atoms with Crippen LogP contribution in [0.15, 0.2) is 206 Å². The zero-order valence-electron chi connectivity index (χ0n) is 29.3. The molecule has 258 valence electrons. The van der Waals surface area contributed by atoms with Gasteiger partial charge in [0, 0.05) is 34.1 Å². The first-order valence-corrected chi connectivity index (χ1v) is 18.0. The van der Waals surface area contributed by atoms with E-state index in [-0.39, 0.29) is 11.6 Å². The van der Waals surface area contributed by atoms with Crippen molar-refractivity contribution in [1.82, 2.24) is 0 Å². The normalized spacial score (nSPS) is 11.1. The van der Waals surface area contributed by atoms with Gasteiger partial charge in [-0.15, -0.1) is 0 Å². The molecule has 2 nitrogen and oxygen atoms in total. The summed E-state index contributed by atoms with van der Waals surface area (Å²) in [5.41, 5.74) is 10.0. The van der Waals surface area contributed by atoms with Crippen LogP contribution in [0.3, 0.4) is 0 Å². The van der Waals surface area contributed by atoms with E-state index in [4.69, 9.17) is 0 Å². The third kappa shape index (κ3) is 6.14. The minimum absolute atomic E-state index is 0.280. The summed E-state index contributed by atoms with van der Waals surface area (Å²) in [5.74, 6) is -0.564. The Bertz CT molecular complexity index is 2660. The van der Waals surface area contributed by atoms with Gasteiger partial charge in [0.2, 0.25) is 0 Å². The fourth-order valence-corrected chi connectivity index (χ4v) is 7.54. The molecule has 0 bridgehead atoms. The van der Waals surface area contributed by atoms with E-state index in [1.807, 2.05) is 66.7 Å². The van der Waals surface area contributed by atoms with Gasteiger partial charge < -0.3 is 9.80 Å². The van der Waals surface area contributed by atoms with Crippen LogP contribution in [0.4, 0.5) is 42.9 Å². The number of fused-ring (bicyclic) bond motifs is 2. The molecule has 4 heteroatoms. The number of para-hydroxylation sites is 3. The number of hydrogen-bond donors (Lipinski definition) is 0. The van der Waals surface area contributed by atoms with Crippen molar-refractivity contribution in [2.24, 2.45) is 0 Å². The lowest BCUT2D eigenvalue weighted by molar-refractivity contribution is 0.627. The van der Waals surface area contributed by atoms with Gasteiger partial charge in [-0.2, -0.15) is 0 Å².